The van der Waals surface area contributed by atoms with Gasteiger partial charge in [-0.1, -0.05) is 147 Å². The third-order valence-electron chi connectivity index (χ3n) is 7.38. The van der Waals surface area contributed by atoms with Crippen LogP contribution in [0.5, 0.6) is 0 Å². The highest BCUT2D eigenvalue weighted by molar-refractivity contribution is 7.75. The maximum absolute atomic E-state index is 2.39. The van der Waals surface area contributed by atoms with Crippen LogP contribution in [0.2, 0.25) is 0 Å². The molecule has 0 radical (unpaired) electrons. The van der Waals surface area contributed by atoms with Gasteiger partial charge in [-0.15, -0.1) is 0 Å². The highest BCUT2D eigenvalue weighted by atomic mass is 31.2. The summed E-state index contributed by atoms with van der Waals surface area (Å²) in [7, 11) is -0.626. The van der Waals surface area contributed by atoms with E-state index in [0.717, 1.165) is 0 Å². The molecule has 1 heteroatoms. The number of rotatable bonds is 22. The number of hydrogen-bond donors (Lipinski definition) is 0. The molecule has 1 aromatic carbocycles. The summed E-state index contributed by atoms with van der Waals surface area (Å²) in [5.41, 5.74) is 1.32. The van der Waals surface area contributed by atoms with Crippen molar-refractivity contribution >= 4 is 7.26 Å². The standard InChI is InChI=1S/C26H56P.C7H8/c1-5-9-13-14-15-16-17-18-19-20-21-22-26-27(23-10-6-2,24-11-7-3)25-12-8-4;1-7-5-3-2-4-6-7/h5-26H2,1-4H3;2-6H,1H3/q+1;. The molecule has 0 atom stereocenters. The summed E-state index contributed by atoms with van der Waals surface area (Å²) < 4.78 is 0. The van der Waals surface area contributed by atoms with Gasteiger partial charge in [-0.25, -0.2) is 0 Å². The van der Waals surface area contributed by atoms with Gasteiger partial charge in [0, 0.05) is 7.26 Å². The minimum absolute atomic E-state index is 0.626. The molecule has 0 aliphatic rings. The molecule has 0 aromatic heterocycles. The zero-order valence-corrected chi connectivity index (χ0v) is 25.3. The molecule has 0 unspecified atom stereocenters. The molecule has 0 saturated carbocycles. The van der Waals surface area contributed by atoms with Crippen molar-refractivity contribution in [3.05, 3.63) is 35.9 Å². The Balaban J connectivity index is 0.00000131. The van der Waals surface area contributed by atoms with E-state index in [1.807, 2.05) is 18.2 Å². The van der Waals surface area contributed by atoms with E-state index in [9.17, 15) is 0 Å². The highest BCUT2D eigenvalue weighted by Gasteiger charge is 2.34. The minimum atomic E-state index is -0.626. The van der Waals surface area contributed by atoms with Crippen LogP contribution in [-0.2, 0) is 0 Å². The molecule has 0 amide bonds. The third kappa shape index (κ3) is 21.0. The molecular formula is C33H64P+. The van der Waals surface area contributed by atoms with E-state index < -0.39 is 7.26 Å². The van der Waals surface area contributed by atoms with E-state index in [1.54, 1.807) is 31.1 Å². The summed E-state index contributed by atoms with van der Waals surface area (Å²) >= 11 is 0. The zero-order chi connectivity index (χ0) is 25.2. The van der Waals surface area contributed by atoms with Crippen molar-refractivity contribution in [2.24, 2.45) is 0 Å². The highest BCUT2D eigenvalue weighted by Crippen LogP contribution is 2.61. The lowest BCUT2D eigenvalue weighted by Gasteiger charge is -2.28. The maximum atomic E-state index is 2.39. The second-order valence-electron chi connectivity index (χ2n) is 10.8. The normalized spacial score (nSPS) is 11.3. The molecule has 0 fully saturated rings. The zero-order valence-electron chi connectivity index (χ0n) is 24.4. The molecule has 0 saturated heterocycles. The first-order chi connectivity index (χ1) is 16.6. The monoisotopic (exact) mass is 491 g/mol. The molecule has 0 heterocycles. The SMILES string of the molecule is CCCCCCCCCCCCCC[P+](CCCC)(CCCC)CCCC.Cc1ccccc1. The van der Waals surface area contributed by atoms with Crippen LogP contribution < -0.4 is 0 Å². The third-order valence-corrected chi connectivity index (χ3v) is 12.4. The lowest BCUT2D eigenvalue weighted by atomic mass is 10.1. The molecule has 0 aliphatic carbocycles. The summed E-state index contributed by atoms with van der Waals surface area (Å²) in [5, 5.41) is 0. The molecule has 200 valence electrons. The summed E-state index contributed by atoms with van der Waals surface area (Å²) in [6.07, 6.45) is 33.0. The quantitative estimate of drug-likeness (QED) is 0.112. The van der Waals surface area contributed by atoms with Gasteiger partial charge in [0.1, 0.15) is 0 Å². The largest absolute Gasteiger partial charge is 0.0654 e. The van der Waals surface area contributed by atoms with E-state index in [0.29, 0.717) is 0 Å². The van der Waals surface area contributed by atoms with Crippen molar-refractivity contribution in [3.63, 3.8) is 0 Å². The fraction of sp³-hybridized carbons (Fsp3) is 0.818. The lowest BCUT2D eigenvalue weighted by molar-refractivity contribution is 0.548. The van der Waals surface area contributed by atoms with Crippen molar-refractivity contribution in [1.29, 1.82) is 0 Å². The summed E-state index contributed by atoms with van der Waals surface area (Å²) in [4.78, 5) is 0. The molecular weight excluding hydrogens is 427 g/mol. The molecule has 34 heavy (non-hydrogen) atoms. The molecule has 0 N–H and O–H groups in total. The number of unbranched alkanes of at least 4 members (excludes halogenated alkanes) is 14. The van der Waals surface area contributed by atoms with Gasteiger partial charge in [0.15, 0.2) is 0 Å². The first kappa shape index (κ1) is 33.7. The fourth-order valence-corrected chi connectivity index (χ4v) is 10.2. The van der Waals surface area contributed by atoms with E-state index in [1.165, 1.54) is 115 Å². The first-order valence-electron chi connectivity index (χ1n) is 15.5. The van der Waals surface area contributed by atoms with Gasteiger partial charge in [0.2, 0.25) is 0 Å². The van der Waals surface area contributed by atoms with Crippen LogP contribution in [0.15, 0.2) is 30.3 Å². The Hall–Kier alpha value is -0.350. The van der Waals surface area contributed by atoms with Crippen LogP contribution in [0.1, 0.15) is 149 Å². The van der Waals surface area contributed by atoms with Crippen molar-refractivity contribution in [3.8, 4) is 0 Å². The second-order valence-corrected chi connectivity index (χ2v) is 15.3. The summed E-state index contributed by atoms with van der Waals surface area (Å²) in [6.45, 7) is 11.6. The number of aryl methyl sites for hydroxylation is 1. The lowest BCUT2D eigenvalue weighted by Crippen LogP contribution is -2.13. The average Bonchev–Trinajstić information content (AvgIpc) is 2.86. The van der Waals surface area contributed by atoms with Gasteiger partial charge in [-0.3, -0.25) is 0 Å². The number of hydrogen-bond acceptors (Lipinski definition) is 0. The Morgan fingerprint density at radius 3 is 1.06 bits per heavy atom. The topological polar surface area (TPSA) is 0 Å². The summed E-state index contributed by atoms with van der Waals surface area (Å²) in [5.74, 6) is 0. The molecule has 1 rings (SSSR count). The van der Waals surface area contributed by atoms with Gasteiger partial charge >= 0.3 is 0 Å². The van der Waals surface area contributed by atoms with Crippen LogP contribution in [0.4, 0.5) is 0 Å². The van der Waals surface area contributed by atoms with Crippen molar-refractivity contribution in [2.45, 2.75) is 150 Å². The summed E-state index contributed by atoms with van der Waals surface area (Å²) in [6, 6.07) is 10.3. The fourth-order valence-electron chi connectivity index (χ4n) is 4.97. The number of benzene rings is 1. The minimum Gasteiger partial charge on any atom is -0.0654 e. The van der Waals surface area contributed by atoms with E-state index in [2.05, 4.69) is 46.8 Å². The van der Waals surface area contributed by atoms with Crippen LogP contribution in [0, 0.1) is 6.92 Å². The molecule has 0 nitrogen and oxygen atoms in total. The smallest absolute Gasteiger partial charge is 0.0594 e. The second kappa shape index (κ2) is 25.7. The predicted octanol–water partition coefficient (Wildman–Crippen LogP) is 12.1. The predicted molar refractivity (Wildman–Crippen MR) is 163 cm³/mol. The van der Waals surface area contributed by atoms with E-state index >= 15 is 0 Å². The Morgan fingerprint density at radius 1 is 0.412 bits per heavy atom. The molecule has 0 bridgehead atoms. The van der Waals surface area contributed by atoms with Gasteiger partial charge in [-0.05, 0) is 39.0 Å². The first-order valence-corrected chi connectivity index (χ1v) is 18.0. The van der Waals surface area contributed by atoms with E-state index in [4.69, 9.17) is 0 Å². The van der Waals surface area contributed by atoms with Crippen LogP contribution in [0.25, 0.3) is 0 Å². The van der Waals surface area contributed by atoms with Crippen molar-refractivity contribution in [2.75, 3.05) is 24.6 Å². The average molecular weight is 492 g/mol. The van der Waals surface area contributed by atoms with Gasteiger partial charge in [0.05, 0.1) is 24.6 Å². The molecule has 0 aliphatic heterocycles. The Labute approximate surface area is 217 Å². The maximum Gasteiger partial charge on any atom is 0.0594 e. The van der Waals surface area contributed by atoms with Crippen LogP contribution in [-0.4, -0.2) is 24.6 Å². The van der Waals surface area contributed by atoms with Crippen molar-refractivity contribution < 1.29 is 0 Å². The molecule has 1 aromatic rings. The Morgan fingerprint density at radius 2 is 0.735 bits per heavy atom. The Kier molecular flexibility index (Phi) is 25.5. The van der Waals surface area contributed by atoms with Gasteiger partial charge in [0.25, 0.3) is 0 Å². The Bertz CT molecular complexity index is 473. The van der Waals surface area contributed by atoms with E-state index in [-0.39, 0.29) is 0 Å². The molecule has 0 spiro atoms. The van der Waals surface area contributed by atoms with Crippen LogP contribution in [0.3, 0.4) is 0 Å². The van der Waals surface area contributed by atoms with Crippen molar-refractivity contribution in [1.82, 2.24) is 0 Å². The van der Waals surface area contributed by atoms with Gasteiger partial charge < -0.3 is 0 Å². The van der Waals surface area contributed by atoms with Crippen LogP contribution >= 0.6 is 7.26 Å². The van der Waals surface area contributed by atoms with Gasteiger partial charge in [-0.2, -0.15) is 0 Å².